The SMILES string of the molecule is CCNC(C(=O)O)C1c2ccc(F)cc2CCc2cc(F)ccc21. The van der Waals surface area contributed by atoms with Crippen LogP contribution in [-0.4, -0.2) is 23.7 Å². The number of hydrogen-bond acceptors (Lipinski definition) is 2. The quantitative estimate of drug-likeness (QED) is 0.904. The molecule has 5 heteroatoms. The van der Waals surface area contributed by atoms with Crippen LogP contribution in [0.1, 0.15) is 35.1 Å². The number of hydrogen-bond donors (Lipinski definition) is 2. The highest BCUT2D eigenvalue weighted by molar-refractivity contribution is 5.76. The van der Waals surface area contributed by atoms with E-state index in [-0.39, 0.29) is 11.6 Å². The average molecular weight is 331 g/mol. The molecular weight excluding hydrogens is 312 g/mol. The first-order valence-electron chi connectivity index (χ1n) is 8.04. The first-order valence-corrected chi connectivity index (χ1v) is 8.04. The van der Waals surface area contributed by atoms with Crippen LogP contribution in [0.5, 0.6) is 0 Å². The molecule has 0 spiro atoms. The Labute approximate surface area is 139 Å². The van der Waals surface area contributed by atoms with Crippen LogP contribution in [0.4, 0.5) is 8.78 Å². The zero-order chi connectivity index (χ0) is 17.3. The number of aliphatic carboxylic acids is 1. The van der Waals surface area contributed by atoms with Crippen molar-refractivity contribution < 1.29 is 18.7 Å². The minimum atomic E-state index is -0.977. The molecular formula is C19H19F2NO2. The van der Waals surface area contributed by atoms with Crippen molar-refractivity contribution in [2.45, 2.75) is 31.7 Å². The van der Waals surface area contributed by atoms with Crippen molar-refractivity contribution >= 4 is 5.97 Å². The van der Waals surface area contributed by atoms with Gasteiger partial charge in [-0.1, -0.05) is 19.1 Å². The Morgan fingerprint density at radius 3 is 2.04 bits per heavy atom. The molecule has 1 unspecified atom stereocenters. The van der Waals surface area contributed by atoms with Crippen molar-refractivity contribution in [1.82, 2.24) is 5.32 Å². The molecule has 0 bridgehead atoms. The first kappa shape index (κ1) is 16.6. The van der Waals surface area contributed by atoms with E-state index in [0.717, 1.165) is 22.3 Å². The standard InChI is InChI=1S/C19H19F2NO2/c1-2-22-18(19(23)24)17-15-7-5-13(20)9-11(15)3-4-12-10-14(21)6-8-16(12)17/h5-10,17-18,22H,2-4H2,1H3,(H,23,24). The molecule has 2 aromatic rings. The molecule has 0 saturated carbocycles. The molecule has 0 amide bonds. The summed E-state index contributed by atoms with van der Waals surface area (Å²) in [7, 11) is 0. The third kappa shape index (κ3) is 3.04. The summed E-state index contributed by atoms with van der Waals surface area (Å²) >= 11 is 0. The van der Waals surface area contributed by atoms with E-state index in [9.17, 15) is 18.7 Å². The van der Waals surface area contributed by atoms with E-state index >= 15 is 0 Å². The number of carboxylic acids is 1. The van der Waals surface area contributed by atoms with E-state index in [1.54, 1.807) is 12.1 Å². The number of rotatable bonds is 4. The summed E-state index contributed by atoms with van der Waals surface area (Å²) in [6, 6.07) is 8.06. The van der Waals surface area contributed by atoms with E-state index in [1.807, 2.05) is 6.92 Å². The van der Waals surface area contributed by atoms with Gasteiger partial charge in [0.15, 0.2) is 0 Å². The number of carbonyl (C=O) groups is 1. The van der Waals surface area contributed by atoms with Gasteiger partial charge in [-0.15, -0.1) is 0 Å². The summed E-state index contributed by atoms with van der Waals surface area (Å²) in [6.45, 7) is 2.32. The van der Waals surface area contributed by atoms with Gasteiger partial charge in [-0.05, 0) is 65.9 Å². The normalized spacial score (nSPS) is 15.3. The summed E-state index contributed by atoms with van der Waals surface area (Å²) in [6.07, 6.45) is 1.11. The molecule has 3 rings (SSSR count). The lowest BCUT2D eigenvalue weighted by Crippen LogP contribution is -2.42. The first-order chi connectivity index (χ1) is 11.5. The van der Waals surface area contributed by atoms with Gasteiger partial charge in [-0.2, -0.15) is 0 Å². The molecule has 1 aliphatic carbocycles. The Bertz CT molecular complexity index is 722. The van der Waals surface area contributed by atoms with Crippen LogP contribution < -0.4 is 5.32 Å². The Balaban J connectivity index is 2.22. The molecule has 1 atom stereocenters. The molecule has 0 saturated heterocycles. The number of likely N-dealkylation sites (N-methyl/N-ethyl adjacent to an activating group) is 1. The second-order valence-corrected chi connectivity index (χ2v) is 6.04. The summed E-state index contributed by atoms with van der Waals surface area (Å²) in [5.41, 5.74) is 3.13. The number of nitrogens with one attached hydrogen (secondary N) is 1. The largest absolute Gasteiger partial charge is 0.480 e. The maximum Gasteiger partial charge on any atom is 0.321 e. The molecule has 126 valence electrons. The van der Waals surface area contributed by atoms with Crippen LogP contribution in [0.25, 0.3) is 0 Å². The number of carboxylic acid groups (broad SMARTS) is 1. The maximum absolute atomic E-state index is 13.7. The highest BCUT2D eigenvalue weighted by Crippen LogP contribution is 2.37. The van der Waals surface area contributed by atoms with E-state index < -0.39 is 17.9 Å². The van der Waals surface area contributed by atoms with E-state index in [1.165, 1.54) is 24.3 Å². The van der Waals surface area contributed by atoms with Gasteiger partial charge in [0, 0.05) is 5.92 Å². The van der Waals surface area contributed by atoms with Gasteiger partial charge in [0.05, 0.1) is 0 Å². The lowest BCUT2D eigenvalue weighted by molar-refractivity contribution is -0.139. The topological polar surface area (TPSA) is 49.3 Å². The van der Waals surface area contributed by atoms with Crippen molar-refractivity contribution in [3.63, 3.8) is 0 Å². The van der Waals surface area contributed by atoms with Crippen molar-refractivity contribution in [3.8, 4) is 0 Å². The van der Waals surface area contributed by atoms with Crippen molar-refractivity contribution in [3.05, 3.63) is 70.3 Å². The lowest BCUT2D eigenvalue weighted by atomic mass is 9.82. The Morgan fingerprint density at radius 2 is 1.62 bits per heavy atom. The monoisotopic (exact) mass is 331 g/mol. The average Bonchev–Trinajstić information content (AvgIpc) is 2.69. The van der Waals surface area contributed by atoms with Gasteiger partial charge < -0.3 is 10.4 Å². The minimum Gasteiger partial charge on any atom is -0.480 e. The fourth-order valence-electron chi connectivity index (χ4n) is 3.55. The zero-order valence-electron chi connectivity index (χ0n) is 13.4. The smallest absolute Gasteiger partial charge is 0.321 e. The molecule has 3 nitrogen and oxygen atoms in total. The van der Waals surface area contributed by atoms with Crippen LogP contribution >= 0.6 is 0 Å². The fourth-order valence-corrected chi connectivity index (χ4v) is 3.55. The number of aryl methyl sites for hydroxylation is 2. The molecule has 1 aliphatic rings. The van der Waals surface area contributed by atoms with Crippen LogP contribution in [0.15, 0.2) is 36.4 Å². The summed E-state index contributed by atoms with van der Waals surface area (Å²) in [5.74, 6) is -2.16. The van der Waals surface area contributed by atoms with Gasteiger partial charge >= 0.3 is 5.97 Å². The van der Waals surface area contributed by atoms with Crippen LogP contribution in [0.3, 0.4) is 0 Å². The second-order valence-electron chi connectivity index (χ2n) is 6.04. The Hall–Kier alpha value is -2.27. The molecule has 2 aromatic carbocycles. The third-order valence-corrected chi connectivity index (χ3v) is 4.57. The number of halogens is 2. The molecule has 0 radical (unpaired) electrons. The second kappa shape index (κ2) is 6.69. The fraction of sp³-hybridized carbons (Fsp3) is 0.316. The minimum absolute atomic E-state index is 0.347. The highest BCUT2D eigenvalue weighted by atomic mass is 19.1. The molecule has 0 aromatic heterocycles. The molecule has 0 aliphatic heterocycles. The number of benzene rings is 2. The zero-order valence-corrected chi connectivity index (χ0v) is 13.4. The lowest BCUT2D eigenvalue weighted by Gasteiger charge is -2.27. The Kier molecular flexibility index (Phi) is 4.62. The van der Waals surface area contributed by atoms with Crippen molar-refractivity contribution in [1.29, 1.82) is 0 Å². The van der Waals surface area contributed by atoms with Crippen LogP contribution in [0.2, 0.25) is 0 Å². The van der Waals surface area contributed by atoms with Crippen LogP contribution in [0, 0.1) is 11.6 Å². The maximum atomic E-state index is 13.7. The summed E-state index contributed by atoms with van der Waals surface area (Å²) in [4.78, 5) is 11.8. The van der Waals surface area contributed by atoms with Crippen molar-refractivity contribution in [2.24, 2.45) is 0 Å². The van der Waals surface area contributed by atoms with Gasteiger partial charge in [0.2, 0.25) is 0 Å². The van der Waals surface area contributed by atoms with Gasteiger partial charge in [-0.3, -0.25) is 4.79 Å². The van der Waals surface area contributed by atoms with Crippen molar-refractivity contribution in [2.75, 3.05) is 6.54 Å². The predicted octanol–water partition coefficient (Wildman–Crippen LogP) is 3.26. The van der Waals surface area contributed by atoms with E-state index in [0.29, 0.717) is 19.4 Å². The highest BCUT2D eigenvalue weighted by Gasteiger charge is 2.34. The van der Waals surface area contributed by atoms with Gasteiger partial charge in [-0.25, -0.2) is 8.78 Å². The Morgan fingerprint density at radius 1 is 1.12 bits per heavy atom. The number of fused-ring (bicyclic) bond motifs is 2. The van der Waals surface area contributed by atoms with Crippen LogP contribution in [-0.2, 0) is 17.6 Å². The van der Waals surface area contributed by atoms with Gasteiger partial charge in [0.1, 0.15) is 17.7 Å². The van der Waals surface area contributed by atoms with E-state index in [4.69, 9.17) is 0 Å². The molecule has 0 fully saturated rings. The summed E-state index contributed by atoms with van der Waals surface area (Å²) < 4.78 is 27.3. The van der Waals surface area contributed by atoms with Gasteiger partial charge in [0.25, 0.3) is 0 Å². The predicted molar refractivity (Wildman–Crippen MR) is 87.2 cm³/mol. The summed E-state index contributed by atoms with van der Waals surface area (Å²) in [5, 5.41) is 12.7. The van der Waals surface area contributed by atoms with E-state index in [2.05, 4.69) is 5.32 Å². The molecule has 0 heterocycles. The molecule has 2 N–H and O–H groups in total. The third-order valence-electron chi connectivity index (χ3n) is 4.57. The molecule has 24 heavy (non-hydrogen) atoms.